The van der Waals surface area contributed by atoms with Crippen molar-refractivity contribution in [3.05, 3.63) is 113 Å². The molecule has 0 atom stereocenters. The molecule has 4 aromatic carbocycles. The van der Waals surface area contributed by atoms with Crippen LogP contribution >= 0.6 is 23.8 Å². The molecule has 0 fully saturated rings. The molecule has 1 amide bonds. The summed E-state index contributed by atoms with van der Waals surface area (Å²) in [5.74, 6) is 0.633. The lowest BCUT2D eigenvalue weighted by Gasteiger charge is -2.12. The molecular weight excluding hydrogens is 506 g/mol. The lowest BCUT2D eigenvalue weighted by molar-refractivity contribution is 0.0977. The van der Waals surface area contributed by atoms with Gasteiger partial charge in [0.2, 0.25) is 5.89 Å². The molecule has 0 saturated carbocycles. The van der Waals surface area contributed by atoms with Crippen LogP contribution in [0.2, 0.25) is 5.02 Å². The third-order valence-corrected chi connectivity index (χ3v) is 6.10. The van der Waals surface area contributed by atoms with E-state index in [1.165, 1.54) is 0 Å². The van der Waals surface area contributed by atoms with E-state index < -0.39 is 0 Å². The lowest BCUT2D eigenvalue weighted by Crippen LogP contribution is -2.34. The van der Waals surface area contributed by atoms with E-state index in [9.17, 15) is 4.79 Å². The average molecular weight is 528 g/mol. The highest BCUT2D eigenvalue weighted by Crippen LogP contribution is 2.32. The van der Waals surface area contributed by atoms with Gasteiger partial charge in [-0.2, -0.15) is 0 Å². The van der Waals surface area contributed by atoms with E-state index in [2.05, 4.69) is 15.6 Å². The molecule has 0 aliphatic carbocycles. The highest BCUT2D eigenvalue weighted by molar-refractivity contribution is 7.80. The molecule has 0 radical (unpaired) electrons. The molecule has 1 aromatic heterocycles. The fourth-order valence-corrected chi connectivity index (χ4v) is 4.13. The Balaban J connectivity index is 1.25. The summed E-state index contributed by atoms with van der Waals surface area (Å²) < 4.78 is 11.7. The zero-order valence-corrected chi connectivity index (χ0v) is 21.4. The highest BCUT2D eigenvalue weighted by atomic mass is 35.5. The normalized spacial score (nSPS) is 10.8. The number of nitrogens with zero attached hydrogens (tertiary/aromatic N) is 1. The fraction of sp³-hybridized carbons (Fsp3) is 0.0690. The Hall–Kier alpha value is -4.20. The van der Waals surface area contributed by atoms with Gasteiger partial charge in [0, 0.05) is 11.3 Å². The number of rotatable bonds is 6. The minimum absolute atomic E-state index is 0.141. The number of halogens is 1. The smallest absolute Gasteiger partial charge is 0.257 e. The third kappa shape index (κ3) is 5.97. The summed E-state index contributed by atoms with van der Waals surface area (Å²) in [6.07, 6.45) is 0. The number of thiocarbonyl (C=S) groups is 1. The minimum atomic E-state index is -0.355. The molecule has 8 heteroatoms. The summed E-state index contributed by atoms with van der Waals surface area (Å²) in [6, 6.07) is 27.8. The van der Waals surface area contributed by atoms with Gasteiger partial charge in [-0.3, -0.25) is 10.1 Å². The van der Waals surface area contributed by atoms with Crippen LogP contribution in [0.1, 0.15) is 21.5 Å². The second-order valence-corrected chi connectivity index (χ2v) is 9.21. The summed E-state index contributed by atoms with van der Waals surface area (Å²) in [7, 11) is 0. The zero-order valence-electron chi connectivity index (χ0n) is 19.8. The number of anilines is 1. The summed E-state index contributed by atoms with van der Waals surface area (Å²) in [5.41, 5.74) is 5.21. The van der Waals surface area contributed by atoms with Gasteiger partial charge in [-0.25, -0.2) is 4.98 Å². The lowest BCUT2D eigenvalue weighted by atomic mass is 10.2. The maximum Gasteiger partial charge on any atom is 0.257 e. The first-order valence-electron chi connectivity index (χ1n) is 11.5. The van der Waals surface area contributed by atoms with Crippen molar-refractivity contribution in [3.63, 3.8) is 0 Å². The van der Waals surface area contributed by atoms with E-state index in [0.29, 0.717) is 45.7 Å². The number of carbonyl (C=O) groups excluding carboxylic acids is 1. The Morgan fingerprint density at radius 3 is 2.68 bits per heavy atom. The van der Waals surface area contributed by atoms with Gasteiger partial charge in [-0.05, 0) is 78.8 Å². The molecule has 6 nitrogen and oxygen atoms in total. The molecule has 1 heterocycles. The molecule has 37 heavy (non-hydrogen) atoms. The van der Waals surface area contributed by atoms with Gasteiger partial charge >= 0.3 is 0 Å². The van der Waals surface area contributed by atoms with Crippen molar-refractivity contribution in [2.24, 2.45) is 0 Å². The summed E-state index contributed by atoms with van der Waals surface area (Å²) in [6.45, 7) is 2.40. The fourth-order valence-electron chi connectivity index (χ4n) is 3.73. The number of aromatic nitrogens is 1. The van der Waals surface area contributed by atoms with Crippen LogP contribution in [0, 0.1) is 6.92 Å². The number of amides is 1. The van der Waals surface area contributed by atoms with Gasteiger partial charge in [0.05, 0.1) is 10.6 Å². The van der Waals surface area contributed by atoms with Crippen molar-refractivity contribution >= 4 is 51.6 Å². The Morgan fingerprint density at radius 2 is 1.84 bits per heavy atom. The van der Waals surface area contributed by atoms with Crippen LogP contribution < -0.4 is 15.4 Å². The van der Waals surface area contributed by atoms with Crippen molar-refractivity contribution in [1.29, 1.82) is 0 Å². The molecular formula is C29H22ClN3O3S. The Bertz CT molecular complexity index is 1600. The highest BCUT2D eigenvalue weighted by Gasteiger charge is 2.14. The standard InChI is InChI=1S/C29H22ClN3O3S/c1-18-10-13-26-25(14-18)32-28(36-26)23-16-21(11-12-24(23)30)31-29(37)33-27(34)20-8-5-9-22(15-20)35-17-19-6-3-2-4-7-19/h2-16H,17H2,1H3,(H2,31,33,34,37). The number of nitrogens with one attached hydrogen (secondary N) is 2. The van der Waals surface area contributed by atoms with E-state index in [1.807, 2.05) is 55.5 Å². The number of hydrogen-bond acceptors (Lipinski definition) is 5. The van der Waals surface area contributed by atoms with E-state index in [4.69, 9.17) is 33.0 Å². The minimum Gasteiger partial charge on any atom is -0.489 e. The zero-order chi connectivity index (χ0) is 25.8. The third-order valence-electron chi connectivity index (χ3n) is 5.57. The number of fused-ring (bicyclic) bond motifs is 1. The molecule has 0 bridgehead atoms. The summed E-state index contributed by atoms with van der Waals surface area (Å²) >= 11 is 11.8. The quantitative estimate of drug-likeness (QED) is 0.228. The molecule has 2 N–H and O–H groups in total. The molecule has 5 aromatic rings. The van der Waals surface area contributed by atoms with Gasteiger partial charge in [-0.1, -0.05) is 54.1 Å². The van der Waals surface area contributed by atoms with Crippen molar-refractivity contribution in [3.8, 4) is 17.2 Å². The van der Waals surface area contributed by atoms with E-state index in [0.717, 1.165) is 16.6 Å². The number of benzene rings is 4. The number of hydrogen-bond donors (Lipinski definition) is 2. The van der Waals surface area contributed by atoms with Gasteiger partial charge < -0.3 is 14.5 Å². The van der Waals surface area contributed by atoms with Crippen LogP contribution in [0.4, 0.5) is 5.69 Å². The van der Waals surface area contributed by atoms with Gasteiger partial charge in [-0.15, -0.1) is 0 Å². The molecule has 5 rings (SSSR count). The van der Waals surface area contributed by atoms with Crippen molar-refractivity contribution in [2.75, 3.05) is 5.32 Å². The molecule has 0 aliphatic heterocycles. The van der Waals surface area contributed by atoms with Crippen molar-refractivity contribution in [2.45, 2.75) is 13.5 Å². The van der Waals surface area contributed by atoms with E-state index in [1.54, 1.807) is 42.5 Å². The Kier molecular flexibility index (Phi) is 7.16. The number of aryl methyl sites for hydroxylation is 1. The maximum atomic E-state index is 12.8. The van der Waals surface area contributed by atoms with Crippen molar-refractivity contribution in [1.82, 2.24) is 10.3 Å². The number of ether oxygens (including phenoxy) is 1. The van der Waals surface area contributed by atoms with Gasteiger partial charge in [0.1, 0.15) is 17.9 Å². The van der Waals surface area contributed by atoms with Crippen LogP contribution in [0.3, 0.4) is 0 Å². The predicted octanol–water partition coefficient (Wildman–Crippen LogP) is 7.16. The summed E-state index contributed by atoms with van der Waals surface area (Å²) in [5, 5.41) is 6.35. The average Bonchev–Trinajstić information content (AvgIpc) is 3.32. The van der Waals surface area contributed by atoms with Crippen molar-refractivity contribution < 1.29 is 13.9 Å². The van der Waals surface area contributed by atoms with E-state index in [-0.39, 0.29) is 11.0 Å². The second-order valence-electron chi connectivity index (χ2n) is 8.40. The van der Waals surface area contributed by atoms with Crippen LogP contribution in [-0.2, 0) is 6.61 Å². The summed E-state index contributed by atoms with van der Waals surface area (Å²) in [4.78, 5) is 17.4. The largest absolute Gasteiger partial charge is 0.489 e. The van der Waals surface area contributed by atoms with Gasteiger partial charge in [0.15, 0.2) is 10.7 Å². The van der Waals surface area contributed by atoms with Crippen LogP contribution in [0.15, 0.2) is 95.4 Å². The number of oxazole rings is 1. The first-order valence-corrected chi connectivity index (χ1v) is 12.3. The number of carbonyl (C=O) groups is 1. The maximum absolute atomic E-state index is 12.8. The monoisotopic (exact) mass is 527 g/mol. The molecule has 0 saturated heterocycles. The molecule has 0 aliphatic rings. The first kappa shape index (κ1) is 24.5. The predicted molar refractivity (Wildman–Crippen MR) is 150 cm³/mol. The second kappa shape index (κ2) is 10.8. The Labute approximate surface area is 224 Å². The van der Waals surface area contributed by atoms with Crippen LogP contribution in [0.25, 0.3) is 22.6 Å². The van der Waals surface area contributed by atoms with Crippen LogP contribution in [0.5, 0.6) is 5.75 Å². The van der Waals surface area contributed by atoms with Gasteiger partial charge in [0.25, 0.3) is 5.91 Å². The first-order chi connectivity index (χ1) is 17.9. The SMILES string of the molecule is Cc1ccc2oc(-c3cc(NC(=S)NC(=O)c4cccc(OCc5ccccc5)c4)ccc3Cl)nc2c1. The Morgan fingerprint density at radius 1 is 1.00 bits per heavy atom. The topological polar surface area (TPSA) is 76.4 Å². The van der Waals surface area contributed by atoms with E-state index >= 15 is 0 Å². The molecule has 184 valence electrons. The van der Waals surface area contributed by atoms with Crippen LogP contribution in [-0.4, -0.2) is 16.0 Å². The molecule has 0 unspecified atom stereocenters. The molecule has 0 spiro atoms.